The monoisotopic (exact) mass is 558 g/mol. The number of para-hydroxylation sites is 1. The molecule has 0 bridgehead atoms. The quantitative estimate of drug-likeness (QED) is 0.274. The van der Waals surface area contributed by atoms with E-state index in [1.54, 1.807) is 37.1 Å². The number of esters is 1. The smallest absolute Gasteiger partial charge is 0.341 e. The minimum Gasteiger partial charge on any atom is -0.462 e. The van der Waals surface area contributed by atoms with E-state index in [0.717, 1.165) is 21.0 Å². The van der Waals surface area contributed by atoms with Crippen LogP contribution in [-0.4, -0.2) is 30.5 Å². The van der Waals surface area contributed by atoms with Crippen molar-refractivity contribution >= 4 is 63.0 Å². The molecule has 0 N–H and O–H groups in total. The van der Waals surface area contributed by atoms with E-state index in [-0.39, 0.29) is 17.2 Å². The van der Waals surface area contributed by atoms with Gasteiger partial charge in [-0.1, -0.05) is 47.5 Å². The molecule has 0 aliphatic carbocycles. The van der Waals surface area contributed by atoms with Crippen LogP contribution in [0, 0.1) is 26.7 Å². The van der Waals surface area contributed by atoms with Gasteiger partial charge in [-0.15, -0.1) is 11.3 Å². The third-order valence-electron chi connectivity index (χ3n) is 6.80. The maximum Gasteiger partial charge on any atom is 0.341 e. The molecule has 2 aromatic carbocycles. The van der Waals surface area contributed by atoms with Crippen LogP contribution in [0.3, 0.4) is 0 Å². The highest BCUT2D eigenvalue weighted by atomic mass is 35.5. The van der Waals surface area contributed by atoms with Crippen LogP contribution >= 0.6 is 34.5 Å². The van der Waals surface area contributed by atoms with Crippen molar-refractivity contribution in [2.75, 3.05) is 16.6 Å². The van der Waals surface area contributed by atoms with E-state index < -0.39 is 35.8 Å². The van der Waals surface area contributed by atoms with Crippen molar-refractivity contribution in [3.8, 4) is 0 Å². The fraction of sp³-hybridized carbons (Fsp3) is 0.296. The summed E-state index contributed by atoms with van der Waals surface area (Å²) in [5, 5.41) is 2.66. The second kappa shape index (κ2) is 9.76. The number of benzene rings is 2. The first-order chi connectivity index (χ1) is 17.6. The summed E-state index contributed by atoms with van der Waals surface area (Å²) < 4.78 is 5.24. The number of hydroxylamine groups is 1. The summed E-state index contributed by atoms with van der Waals surface area (Å²) in [5.41, 5.74) is 3.13. The van der Waals surface area contributed by atoms with Gasteiger partial charge in [0.15, 0.2) is 6.10 Å². The molecule has 2 saturated heterocycles. The van der Waals surface area contributed by atoms with Gasteiger partial charge in [0.25, 0.3) is 5.91 Å². The zero-order valence-corrected chi connectivity index (χ0v) is 22.9. The van der Waals surface area contributed by atoms with Crippen LogP contribution in [0.5, 0.6) is 0 Å². The highest BCUT2D eigenvalue weighted by Crippen LogP contribution is 2.51. The Morgan fingerprint density at radius 2 is 1.81 bits per heavy atom. The molecule has 3 aromatic rings. The second-order valence-electron chi connectivity index (χ2n) is 8.97. The van der Waals surface area contributed by atoms with Gasteiger partial charge in [0, 0.05) is 14.9 Å². The topological polar surface area (TPSA) is 76.2 Å². The van der Waals surface area contributed by atoms with Gasteiger partial charge in [-0.2, -0.15) is 0 Å². The predicted octanol–water partition coefficient (Wildman–Crippen LogP) is 6.21. The number of fused-ring (bicyclic) bond motifs is 1. The molecule has 0 spiro atoms. The third kappa shape index (κ3) is 4.12. The number of aryl methyl sites for hydroxylation is 2. The molecule has 1 aromatic heterocycles. The number of hydrogen-bond donors (Lipinski definition) is 0. The summed E-state index contributed by atoms with van der Waals surface area (Å²) in [6, 6.07) is 11.9. The Balaban J connectivity index is 1.63. The average molecular weight is 559 g/mol. The normalized spacial score (nSPS) is 21.1. The number of halogens is 2. The van der Waals surface area contributed by atoms with Crippen molar-refractivity contribution in [1.82, 2.24) is 0 Å². The first kappa shape index (κ1) is 25.7. The average Bonchev–Trinajstić information content (AvgIpc) is 3.45. The largest absolute Gasteiger partial charge is 0.462 e. The Bertz CT molecular complexity index is 1440. The molecule has 5 rings (SSSR count). The van der Waals surface area contributed by atoms with Crippen LogP contribution in [0.15, 0.2) is 42.5 Å². The lowest BCUT2D eigenvalue weighted by Gasteiger charge is -2.30. The lowest BCUT2D eigenvalue weighted by atomic mass is 9.90. The Morgan fingerprint density at radius 1 is 1.08 bits per heavy atom. The van der Waals surface area contributed by atoms with E-state index in [1.807, 2.05) is 38.1 Å². The molecule has 0 unspecified atom stereocenters. The van der Waals surface area contributed by atoms with E-state index >= 15 is 0 Å². The molecule has 3 atom stereocenters. The Hall–Kier alpha value is -2.91. The Morgan fingerprint density at radius 3 is 2.49 bits per heavy atom. The van der Waals surface area contributed by atoms with Gasteiger partial charge >= 0.3 is 5.97 Å². The summed E-state index contributed by atoms with van der Waals surface area (Å²) in [6.07, 6.45) is -1.10. The molecule has 0 radical (unpaired) electrons. The first-order valence-electron chi connectivity index (χ1n) is 11.8. The maximum atomic E-state index is 14.1. The molecule has 2 amide bonds. The number of carbonyl (C=O) groups is 3. The Labute approximate surface area is 228 Å². The number of amides is 2. The number of nitrogens with zero attached hydrogens (tertiary/aromatic N) is 2. The molecule has 10 heteroatoms. The van der Waals surface area contributed by atoms with Crippen molar-refractivity contribution in [2.24, 2.45) is 5.92 Å². The van der Waals surface area contributed by atoms with E-state index in [0.29, 0.717) is 21.2 Å². The van der Waals surface area contributed by atoms with E-state index in [2.05, 4.69) is 0 Å². The van der Waals surface area contributed by atoms with Gasteiger partial charge in [0.2, 0.25) is 5.91 Å². The van der Waals surface area contributed by atoms with Crippen molar-refractivity contribution < 1.29 is 24.0 Å². The summed E-state index contributed by atoms with van der Waals surface area (Å²) in [7, 11) is 0. The van der Waals surface area contributed by atoms with E-state index in [1.165, 1.54) is 11.3 Å². The summed E-state index contributed by atoms with van der Waals surface area (Å²) >= 11 is 14.0. The van der Waals surface area contributed by atoms with Gasteiger partial charge in [-0.05, 0) is 62.6 Å². The first-order valence-corrected chi connectivity index (χ1v) is 13.3. The number of imide groups is 1. The maximum absolute atomic E-state index is 14.1. The highest BCUT2D eigenvalue weighted by Gasteiger charge is 2.61. The number of thiophene rings is 1. The Kier molecular flexibility index (Phi) is 6.79. The molecule has 2 aliphatic heterocycles. The molecule has 2 aliphatic rings. The second-order valence-corrected chi connectivity index (χ2v) is 11.0. The molecule has 37 heavy (non-hydrogen) atoms. The SMILES string of the molecule is CCOC(=O)c1c(N2C(=O)[C@@H]3[C@@H](ON(c4ccccc4C)[C@H]3c3ccc(Cl)cc3Cl)C2=O)sc(C)c1C. The number of rotatable bonds is 5. The fourth-order valence-electron chi connectivity index (χ4n) is 4.90. The summed E-state index contributed by atoms with van der Waals surface area (Å²) in [5.74, 6) is -2.47. The van der Waals surface area contributed by atoms with Crippen LogP contribution in [0.4, 0.5) is 10.7 Å². The van der Waals surface area contributed by atoms with Crippen molar-refractivity contribution in [3.05, 3.63) is 79.6 Å². The molecule has 3 heterocycles. The number of ether oxygens (including phenoxy) is 1. The van der Waals surface area contributed by atoms with Crippen LogP contribution in [0.1, 0.15) is 44.9 Å². The predicted molar refractivity (Wildman–Crippen MR) is 143 cm³/mol. The standard InChI is InChI=1S/C27H24Cl2N2O5S/c1-5-35-27(34)20-14(3)15(4)37-26(20)30-24(32)21-22(17-11-10-16(28)12-18(17)29)31(36-23(21)25(30)33)19-9-7-6-8-13(19)2/h6-12,21-23H,5H2,1-4H3/t21-,22-,23+/m0/s1. The summed E-state index contributed by atoms with van der Waals surface area (Å²) in [4.78, 5) is 48.8. The van der Waals surface area contributed by atoms with Gasteiger partial charge in [-0.25, -0.2) is 14.8 Å². The number of carbonyl (C=O) groups excluding carboxylic acids is 3. The number of anilines is 2. The molecule has 2 fully saturated rings. The van der Waals surface area contributed by atoms with Crippen molar-refractivity contribution in [1.29, 1.82) is 0 Å². The highest BCUT2D eigenvalue weighted by molar-refractivity contribution is 7.17. The summed E-state index contributed by atoms with van der Waals surface area (Å²) in [6.45, 7) is 7.42. The fourth-order valence-corrected chi connectivity index (χ4v) is 6.58. The van der Waals surface area contributed by atoms with Gasteiger partial charge in [0.05, 0.1) is 23.9 Å². The molecular weight excluding hydrogens is 535 g/mol. The van der Waals surface area contributed by atoms with Crippen molar-refractivity contribution in [2.45, 2.75) is 39.8 Å². The zero-order chi connectivity index (χ0) is 26.6. The minimum absolute atomic E-state index is 0.172. The van der Waals surface area contributed by atoms with Crippen molar-refractivity contribution in [3.63, 3.8) is 0 Å². The van der Waals surface area contributed by atoms with Gasteiger partial charge < -0.3 is 4.74 Å². The van der Waals surface area contributed by atoms with Crippen LogP contribution < -0.4 is 9.96 Å². The van der Waals surface area contributed by atoms with Gasteiger partial charge in [-0.3, -0.25) is 14.4 Å². The molecule has 0 saturated carbocycles. The lowest BCUT2D eigenvalue weighted by molar-refractivity contribution is -0.126. The van der Waals surface area contributed by atoms with Crippen LogP contribution in [0.25, 0.3) is 0 Å². The third-order valence-corrected chi connectivity index (χ3v) is 8.55. The van der Waals surface area contributed by atoms with E-state index in [4.69, 9.17) is 32.8 Å². The molecule has 7 nitrogen and oxygen atoms in total. The molecular formula is C27H24Cl2N2O5S. The zero-order valence-electron chi connectivity index (χ0n) is 20.6. The van der Waals surface area contributed by atoms with Crippen LogP contribution in [0.2, 0.25) is 10.0 Å². The van der Waals surface area contributed by atoms with Crippen LogP contribution in [-0.2, 0) is 19.2 Å². The van der Waals surface area contributed by atoms with E-state index in [9.17, 15) is 14.4 Å². The lowest BCUT2D eigenvalue weighted by Crippen LogP contribution is -2.38. The minimum atomic E-state index is -1.10. The molecule has 192 valence electrons. The van der Waals surface area contributed by atoms with Gasteiger partial charge in [0.1, 0.15) is 10.9 Å². The number of hydrogen-bond acceptors (Lipinski definition) is 7.